The Labute approximate surface area is 99.9 Å². The van der Waals surface area contributed by atoms with Crippen molar-refractivity contribution in [1.29, 1.82) is 0 Å². The highest BCUT2D eigenvalue weighted by Crippen LogP contribution is 2.30. The highest BCUT2D eigenvalue weighted by atomic mass is 15.1. The van der Waals surface area contributed by atoms with Crippen LogP contribution in [0.1, 0.15) is 29.3 Å². The number of hydrogen-bond donors (Lipinski definition) is 1. The molecule has 1 aromatic carbocycles. The molecular weight excluding hydrogens is 212 g/mol. The van der Waals surface area contributed by atoms with E-state index in [1.807, 2.05) is 0 Å². The molecule has 17 heavy (non-hydrogen) atoms. The third kappa shape index (κ3) is 1.98. The molecule has 0 radical (unpaired) electrons. The number of hydrogen-bond acceptors (Lipinski definition) is 4. The van der Waals surface area contributed by atoms with Gasteiger partial charge in [0.1, 0.15) is 12.2 Å². The van der Waals surface area contributed by atoms with E-state index in [0.717, 1.165) is 25.1 Å². The van der Waals surface area contributed by atoms with Crippen molar-refractivity contribution in [3.05, 3.63) is 47.5 Å². The van der Waals surface area contributed by atoms with Gasteiger partial charge in [-0.05, 0) is 30.4 Å². The van der Waals surface area contributed by atoms with E-state index in [-0.39, 0.29) is 0 Å². The summed E-state index contributed by atoms with van der Waals surface area (Å²) in [6, 6.07) is 8.57. The lowest BCUT2D eigenvalue weighted by Crippen LogP contribution is -2.16. The predicted molar refractivity (Wildman–Crippen MR) is 65.4 cm³/mol. The van der Waals surface area contributed by atoms with E-state index in [9.17, 15) is 0 Å². The number of fused-ring (bicyclic) bond motifs is 1. The molecule has 1 atom stereocenters. The van der Waals surface area contributed by atoms with Gasteiger partial charge in [-0.25, -0.2) is 9.97 Å². The Balaban J connectivity index is 1.89. The number of nitrogens with two attached hydrogens (primary N) is 1. The summed E-state index contributed by atoms with van der Waals surface area (Å²) in [6.45, 7) is 0. The Kier molecular flexibility index (Phi) is 2.48. The summed E-state index contributed by atoms with van der Waals surface area (Å²) in [5.41, 5.74) is 8.45. The van der Waals surface area contributed by atoms with Crippen molar-refractivity contribution >= 4 is 5.95 Å². The number of rotatable bonds is 1. The van der Waals surface area contributed by atoms with Crippen LogP contribution >= 0.6 is 0 Å². The van der Waals surface area contributed by atoms with Crippen molar-refractivity contribution in [3.63, 3.8) is 0 Å². The predicted octanol–water partition coefficient (Wildman–Crippen LogP) is 1.73. The van der Waals surface area contributed by atoms with Crippen LogP contribution in [-0.2, 0) is 12.8 Å². The minimum atomic E-state index is 0.314. The fourth-order valence-corrected chi connectivity index (χ4v) is 2.44. The maximum Gasteiger partial charge on any atom is 0.223 e. The number of aryl methyl sites for hydroxylation is 1. The quantitative estimate of drug-likeness (QED) is 0.804. The van der Waals surface area contributed by atoms with Gasteiger partial charge in [-0.15, -0.1) is 0 Å². The second kappa shape index (κ2) is 4.13. The summed E-state index contributed by atoms with van der Waals surface area (Å²) in [5.74, 6) is 1.51. The first-order chi connectivity index (χ1) is 8.33. The maximum atomic E-state index is 5.60. The van der Waals surface area contributed by atoms with Crippen molar-refractivity contribution in [2.75, 3.05) is 5.73 Å². The Morgan fingerprint density at radius 3 is 2.76 bits per heavy atom. The van der Waals surface area contributed by atoms with Gasteiger partial charge >= 0.3 is 0 Å². The summed E-state index contributed by atoms with van der Waals surface area (Å²) in [4.78, 5) is 12.3. The van der Waals surface area contributed by atoms with Gasteiger partial charge in [-0.1, -0.05) is 24.3 Å². The van der Waals surface area contributed by atoms with Crippen LogP contribution in [0.15, 0.2) is 30.6 Å². The van der Waals surface area contributed by atoms with Crippen LogP contribution in [0, 0.1) is 0 Å². The second-order valence-electron chi connectivity index (χ2n) is 4.41. The van der Waals surface area contributed by atoms with Gasteiger partial charge in [-0.3, -0.25) is 0 Å². The van der Waals surface area contributed by atoms with Crippen molar-refractivity contribution in [2.45, 2.75) is 25.2 Å². The molecule has 0 aliphatic heterocycles. The van der Waals surface area contributed by atoms with Gasteiger partial charge in [0.25, 0.3) is 0 Å². The fraction of sp³-hybridized carbons (Fsp3) is 0.308. The zero-order valence-corrected chi connectivity index (χ0v) is 9.50. The van der Waals surface area contributed by atoms with Crippen LogP contribution in [0.5, 0.6) is 0 Å². The van der Waals surface area contributed by atoms with Crippen LogP contribution in [0.4, 0.5) is 5.95 Å². The molecule has 0 bridgehead atoms. The lowest BCUT2D eigenvalue weighted by atomic mass is 9.83. The summed E-state index contributed by atoms with van der Waals surface area (Å²) >= 11 is 0. The first-order valence-electron chi connectivity index (χ1n) is 5.84. The molecule has 1 unspecified atom stereocenters. The van der Waals surface area contributed by atoms with Crippen LogP contribution in [-0.4, -0.2) is 15.0 Å². The minimum Gasteiger partial charge on any atom is -0.368 e. The van der Waals surface area contributed by atoms with Crippen LogP contribution < -0.4 is 5.73 Å². The topological polar surface area (TPSA) is 64.7 Å². The van der Waals surface area contributed by atoms with E-state index in [0.29, 0.717) is 11.9 Å². The van der Waals surface area contributed by atoms with Crippen LogP contribution in [0.3, 0.4) is 0 Å². The molecule has 0 saturated heterocycles. The molecule has 0 fully saturated rings. The monoisotopic (exact) mass is 226 g/mol. The maximum absolute atomic E-state index is 5.60. The van der Waals surface area contributed by atoms with Gasteiger partial charge in [0.05, 0.1) is 0 Å². The van der Waals surface area contributed by atoms with Crippen molar-refractivity contribution in [3.8, 4) is 0 Å². The largest absolute Gasteiger partial charge is 0.368 e. The molecule has 86 valence electrons. The van der Waals surface area contributed by atoms with E-state index >= 15 is 0 Å². The highest BCUT2D eigenvalue weighted by molar-refractivity contribution is 5.31. The zero-order chi connectivity index (χ0) is 11.7. The number of anilines is 1. The molecule has 2 N–H and O–H groups in total. The molecule has 1 heterocycles. The van der Waals surface area contributed by atoms with E-state index in [1.54, 1.807) is 0 Å². The summed E-state index contributed by atoms with van der Waals surface area (Å²) in [5, 5.41) is 0. The molecule has 4 nitrogen and oxygen atoms in total. The summed E-state index contributed by atoms with van der Waals surface area (Å²) < 4.78 is 0. The molecule has 3 rings (SSSR count). The zero-order valence-electron chi connectivity index (χ0n) is 9.50. The second-order valence-corrected chi connectivity index (χ2v) is 4.41. The Hall–Kier alpha value is -1.97. The first kappa shape index (κ1) is 10.2. The Morgan fingerprint density at radius 2 is 1.94 bits per heavy atom. The normalized spacial score (nSPS) is 18.7. The number of benzene rings is 1. The molecule has 0 amide bonds. The lowest BCUT2D eigenvalue weighted by Gasteiger charge is -2.23. The van der Waals surface area contributed by atoms with E-state index < -0.39 is 0 Å². The van der Waals surface area contributed by atoms with Gasteiger partial charge in [-0.2, -0.15) is 4.98 Å². The van der Waals surface area contributed by atoms with E-state index in [2.05, 4.69) is 39.2 Å². The SMILES string of the molecule is Nc1ncnc(C2CCc3ccccc3C2)n1. The molecule has 1 aromatic heterocycles. The molecular formula is C13H14N4. The molecule has 0 spiro atoms. The summed E-state index contributed by atoms with van der Waals surface area (Å²) in [6.07, 6.45) is 4.67. The van der Waals surface area contributed by atoms with Crippen LogP contribution in [0.25, 0.3) is 0 Å². The standard InChI is InChI=1S/C13H14N4/c14-13-16-8-15-12(17-13)11-6-5-9-3-1-2-4-10(9)7-11/h1-4,8,11H,5-7H2,(H2,14,15,16,17). The highest BCUT2D eigenvalue weighted by Gasteiger charge is 2.21. The number of nitrogens with zero attached hydrogens (tertiary/aromatic N) is 3. The smallest absolute Gasteiger partial charge is 0.223 e. The Morgan fingerprint density at radius 1 is 1.12 bits per heavy atom. The van der Waals surface area contributed by atoms with Crippen molar-refractivity contribution in [1.82, 2.24) is 15.0 Å². The molecule has 1 aliphatic carbocycles. The average Bonchev–Trinajstić information content (AvgIpc) is 2.38. The van der Waals surface area contributed by atoms with Gasteiger partial charge in [0, 0.05) is 5.92 Å². The van der Waals surface area contributed by atoms with Gasteiger partial charge in [0.15, 0.2) is 0 Å². The Bertz CT molecular complexity index is 538. The van der Waals surface area contributed by atoms with Crippen molar-refractivity contribution in [2.24, 2.45) is 0 Å². The molecule has 1 aliphatic rings. The third-order valence-corrected chi connectivity index (χ3v) is 3.32. The lowest BCUT2D eigenvalue weighted by molar-refractivity contribution is 0.553. The fourth-order valence-electron chi connectivity index (χ4n) is 2.44. The van der Waals surface area contributed by atoms with E-state index in [1.165, 1.54) is 17.5 Å². The average molecular weight is 226 g/mol. The van der Waals surface area contributed by atoms with Gasteiger partial charge < -0.3 is 5.73 Å². The van der Waals surface area contributed by atoms with Gasteiger partial charge in [0.2, 0.25) is 5.95 Å². The number of nitrogen functional groups attached to an aromatic ring is 1. The first-order valence-corrected chi connectivity index (χ1v) is 5.84. The minimum absolute atomic E-state index is 0.314. The number of aromatic nitrogens is 3. The molecule has 2 aromatic rings. The molecule has 4 heteroatoms. The third-order valence-electron chi connectivity index (χ3n) is 3.32. The summed E-state index contributed by atoms with van der Waals surface area (Å²) in [7, 11) is 0. The van der Waals surface area contributed by atoms with E-state index in [4.69, 9.17) is 5.73 Å². The van der Waals surface area contributed by atoms with Crippen molar-refractivity contribution < 1.29 is 0 Å². The molecule has 0 saturated carbocycles. The van der Waals surface area contributed by atoms with Crippen LogP contribution in [0.2, 0.25) is 0 Å².